The number of methoxy groups -OCH3 is 1. The van der Waals surface area contributed by atoms with Crippen LogP contribution >= 0.6 is 11.3 Å². The van der Waals surface area contributed by atoms with Crippen molar-refractivity contribution in [3.05, 3.63) is 68.7 Å². The van der Waals surface area contributed by atoms with Gasteiger partial charge in [0.2, 0.25) is 5.89 Å². The van der Waals surface area contributed by atoms with Gasteiger partial charge in [-0.3, -0.25) is 9.36 Å². The zero-order valence-corrected chi connectivity index (χ0v) is 24.7. The minimum absolute atomic E-state index is 0.0172. The van der Waals surface area contributed by atoms with Crippen LogP contribution in [0.15, 0.2) is 50.7 Å². The Labute approximate surface area is 245 Å². The number of aliphatic carboxylic acids is 1. The summed E-state index contributed by atoms with van der Waals surface area (Å²) in [4.78, 5) is 45.7. The average Bonchev–Trinajstić information content (AvgIpc) is 3.69. The number of para-hydroxylation sites is 1. The van der Waals surface area contributed by atoms with Crippen LogP contribution in [0.25, 0.3) is 21.0 Å². The summed E-state index contributed by atoms with van der Waals surface area (Å²) < 4.78 is 26.3. The highest BCUT2D eigenvalue weighted by Gasteiger charge is 2.39. The van der Waals surface area contributed by atoms with Crippen molar-refractivity contribution in [3.63, 3.8) is 0 Å². The van der Waals surface area contributed by atoms with E-state index in [4.69, 9.17) is 18.6 Å². The molecule has 2 saturated heterocycles. The van der Waals surface area contributed by atoms with E-state index in [0.29, 0.717) is 26.9 Å². The summed E-state index contributed by atoms with van der Waals surface area (Å²) in [6.07, 6.45) is 5.95. The third kappa shape index (κ3) is 4.77. The molecule has 4 atom stereocenters. The second kappa shape index (κ2) is 10.8. The molecule has 0 amide bonds. The molecule has 1 aromatic carbocycles. The van der Waals surface area contributed by atoms with Gasteiger partial charge in [0.15, 0.2) is 0 Å². The minimum atomic E-state index is -1.82. The maximum Gasteiger partial charge on any atom is 0.333 e. The first-order chi connectivity index (χ1) is 20.1. The van der Waals surface area contributed by atoms with Gasteiger partial charge in [0, 0.05) is 5.56 Å². The fraction of sp³-hybridized carbons (Fsp3) is 0.467. The third-order valence-corrected chi connectivity index (χ3v) is 9.66. The van der Waals surface area contributed by atoms with Gasteiger partial charge < -0.3 is 23.7 Å². The molecule has 222 valence electrons. The number of hydrogen-bond donors (Lipinski definition) is 1. The maximum atomic E-state index is 14.2. The third-order valence-electron chi connectivity index (χ3n) is 8.36. The highest BCUT2D eigenvalue weighted by atomic mass is 32.1. The number of rotatable bonds is 9. The van der Waals surface area contributed by atoms with E-state index in [0.717, 1.165) is 35.8 Å². The normalized spacial score (nSPS) is 21.1. The second-order valence-corrected chi connectivity index (χ2v) is 12.4. The van der Waals surface area contributed by atoms with Crippen LogP contribution in [0.1, 0.15) is 56.8 Å². The van der Waals surface area contributed by atoms with E-state index >= 15 is 0 Å². The maximum absolute atomic E-state index is 14.2. The van der Waals surface area contributed by atoms with Gasteiger partial charge in [0.1, 0.15) is 28.5 Å². The number of benzene rings is 1. The van der Waals surface area contributed by atoms with E-state index in [2.05, 4.69) is 4.98 Å². The van der Waals surface area contributed by atoms with Gasteiger partial charge in [-0.15, -0.1) is 11.3 Å². The van der Waals surface area contributed by atoms with Crippen LogP contribution in [0.2, 0.25) is 0 Å². The van der Waals surface area contributed by atoms with Crippen molar-refractivity contribution >= 4 is 27.5 Å². The van der Waals surface area contributed by atoms with Crippen molar-refractivity contribution in [2.24, 2.45) is 0 Å². The van der Waals surface area contributed by atoms with Gasteiger partial charge in [-0.1, -0.05) is 18.2 Å². The molecule has 3 aromatic heterocycles. The van der Waals surface area contributed by atoms with Crippen LogP contribution in [-0.4, -0.2) is 50.6 Å². The Morgan fingerprint density at radius 1 is 1.21 bits per heavy atom. The monoisotopic (exact) mass is 595 g/mol. The minimum Gasteiger partial charge on any atom is -0.496 e. The lowest BCUT2D eigenvalue weighted by Gasteiger charge is -2.32. The van der Waals surface area contributed by atoms with Crippen LogP contribution in [0, 0.1) is 6.92 Å². The number of carbonyl (C=O) groups is 1. The molecule has 11 nitrogen and oxygen atoms in total. The Hall–Kier alpha value is -3.74. The van der Waals surface area contributed by atoms with Gasteiger partial charge in [-0.05, 0) is 58.1 Å². The number of hydrogen-bond acceptors (Lipinski definition) is 9. The first-order valence-corrected chi connectivity index (χ1v) is 14.8. The SMILES string of the molecule is COc1ccccc1C(Cn1c(=O)n(C(C)(C)C(=O)O)c(=O)c2c(C)c(-c3ncco3)sc21)OC1C[C@H]2CC[C@@H](C1)O2. The average molecular weight is 596 g/mol. The highest BCUT2D eigenvalue weighted by Crippen LogP contribution is 2.40. The van der Waals surface area contributed by atoms with Crippen LogP contribution in [-0.2, 0) is 26.4 Å². The van der Waals surface area contributed by atoms with Crippen molar-refractivity contribution in [1.29, 1.82) is 0 Å². The first kappa shape index (κ1) is 28.4. The summed E-state index contributed by atoms with van der Waals surface area (Å²) in [5.41, 5.74) is -1.93. The molecule has 2 aliphatic rings. The van der Waals surface area contributed by atoms with Gasteiger partial charge in [0.25, 0.3) is 5.56 Å². The number of ether oxygens (including phenoxy) is 3. The largest absolute Gasteiger partial charge is 0.496 e. The molecule has 5 heterocycles. The van der Waals surface area contributed by atoms with Crippen LogP contribution in [0.4, 0.5) is 0 Å². The molecule has 1 N–H and O–H groups in total. The molecule has 2 aliphatic heterocycles. The van der Waals surface area contributed by atoms with Crippen molar-refractivity contribution in [1.82, 2.24) is 14.1 Å². The molecule has 2 unspecified atom stereocenters. The number of thiophene rings is 1. The number of aryl methyl sites for hydroxylation is 1. The predicted molar refractivity (Wildman–Crippen MR) is 155 cm³/mol. The topological polar surface area (TPSA) is 135 Å². The number of carboxylic acids is 1. The van der Waals surface area contributed by atoms with Gasteiger partial charge in [-0.25, -0.2) is 19.1 Å². The molecule has 2 fully saturated rings. The summed E-state index contributed by atoms with van der Waals surface area (Å²) in [5, 5.41) is 10.3. The summed E-state index contributed by atoms with van der Waals surface area (Å²) >= 11 is 1.21. The number of carboxylic acid groups (broad SMARTS) is 1. The second-order valence-electron chi connectivity index (χ2n) is 11.4. The summed E-state index contributed by atoms with van der Waals surface area (Å²) in [6.45, 7) is 4.45. The van der Waals surface area contributed by atoms with Crippen LogP contribution < -0.4 is 16.0 Å². The lowest BCUT2D eigenvalue weighted by atomic mass is 10.0. The van der Waals surface area contributed by atoms with E-state index in [1.807, 2.05) is 24.3 Å². The first-order valence-electron chi connectivity index (χ1n) is 14.0. The Balaban J connectivity index is 1.55. The zero-order chi connectivity index (χ0) is 29.8. The number of oxazole rings is 1. The molecular weight excluding hydrogens is 562 g/mol. The molecule has 0 spiro atoms. The van der Waals surface area contributed by atoms with Crippen LogP contribution in [0.5, 0.6) is 5.75 Å². The molecule has 0 saturated carbocycles. The highest BCUT2D eigenvalue weighted by molar-refractivity contribution is 7.22. The fourth-order valence-corrected chi connectivity index (χ4v) is 7.34. The molecule has 0 radical (unpaired) electrons. The number of aromatic nitrogens is 3. The van der Waals surface area contributed by atoms with Crippen molar-refractivity contribution < 1.29 is 28.5 Å². The molecule has 0 aliphatic carbocycles. The molecule has 6 rings (SSSR count). The fourth-order valence-electron chi connectivity index (χ4n) is 6.10. The van der Waals surface area contributed by atoms with Crippen molar-refractivity contribution in [2.45, 2.75) is 83.0 Å². The Morgan fingerprint density at radius 2 is 1.93 bits per heavy atom. The predicted octanol–water partition coefficient (Wildman–Crippen LogP) is 4.48. The number of nitrogens with zero attached hydrogens (tertiary/aromatic N) is 3. The molecular formula is C30H33N3O8S. The van der Waals surface area contributed by atoms with Crippen molar-refractivity contribution in [3.8, 4) is 16.5 Å². The standard InChI is InChI=1S/C30H33N3O8S/c1-16-23-26(34)33(30(2,3)28(35)36)29(37)32(27(23)42-24(16)25-31-11-12-39-25)15-22(20-7-5-6-8-21(20)38-4)41-19-13-17-9-10-18(14-19)40-17/h5-8,11-12,17-19,22H,9-10,13-15H2,1-4H3,(H,35,36)/t17-,18+,19?,22?. The van der Waals surface area contributed by atoms with Crippen LogP contribution in [0.3, 0.4) is 0 Å². The quantitative estimate of drug-likeness (QED) is 0.297. The molecule has 42 heavy (non-hydrogen) atoms. The Kier molecular flexibility index (Phi) is 7.32. The van der Waals surface area contributed by atoms with E-state index in [-0.39, 0.29) is 30.2 Å². The van der Waals surface area contributed by atoms with Gasteiger partial charge >= 0.3 is 11.7 Å². The summed E-state index contributed by atoms with van der Waals surface area (Å²) in [6, 6.07) is 7.47. The lowest BCUT2D eigenvalue weighted by molar-refractivity contribution is -0.146. The van der Waals surface area contributed by atoms with Gasteiger partial charge in [-0.2, -0.15) is 0 Å². The van der Waals surface area contributed by atoms with E-state index < -0.39 is 28.9 Å². The molecule has 4 aromatic rings. The Bertz CT molecular complexity index is 1740. The lowest BCUT2D eigenvalue weighted by Crippen LogP contribution is -2.52. The van der Waals surface area contributed by atoms with Gasteiger partial charge in [0.05, 0.1) is 48.4 Å². The summed E-state index contributed by atoms with van der Waals surface area (Å²) in [5.74, 6) is -0.390. The Morgan fingerprint density at radius 3 is 2.57 bits per heavy atom. The van der Waals surface area contributed by atoms with E-state index in [1.54, 1.807) is 14.0 Å². The number of fused-ring (bicyclic) bond motifs is 3. The summed E-state index contributed by atoms with van der Waals surface area (Å²) in [7, 11) is 1.58. The molecule has 2 bridgehead atoms. The van der Waals surface area contributed by atoms with E-state index in [9.17, 15) is 19.5 Å². The zero-order valence-electron chi connectivity index (χ0n) is 23.9. The smallest absolute Gasteiger partial charge is 0.333 e. The molecule has 12 heteroatoms. The van der Waals surface area contributed by atoms with Crippen molar-refractivity contribution in [2.75, 3.05) is 7.11 Å². The van der Waals surface area contributed by atoms with E-state index in [1.165, 1.54) is 42.2 Å².